The summed E-state index contributed by atoms with van der Waals surface area (Å²) < 4.78 is 0. The van der Waals surface area contributed by atoms with Gasteiger partial charge in [-0.2, -0.15) is 0 Å². The number of amidine groups is 2. The zero-order chi connectivity index (χ0) is 15.0. The lowest BCUT2D eigenvalue weighted by Gasteiger charge is -2.23. The molecule has 0 saturated carbocycles. The van der Waals surface area contributed by atoms with Crippen molar-refractivity contribution >= 4 is 17.7 Å². The molecule has 0 bridgehead atoms. The molecule has 1 aliphatic heterocycles. The van der Waals surface area contributed by atoms with Crippen molar-refractivity contribution in [2.45, 2.75) is 5.54 Å². The van der Waals surface area contributed by atoms with Crippen LogP contribution in [0.5, 0.6) is 0 Å². The van der Waals surface area contributed by atoms with Gasteiger partial charge < -0.3 is 11.5 Å². The minimum Gasteiger partial charge on any atom is -0.385 e. The van der Waals surface area contributed by atoms with Gasteiger partial charge in [-0.15, -0.1) is 0 Å². The summed E-state index contributed by atoms with van der Waals surface area (Å²) in [4.78, 5) is 4.64. The summed E-state index contributed by atoms with van der Waals surface area (Å²) in [7, 11) is 0. The fraction of sp³-hybridized carbons (Fsp3) is 0.0625. The quantitative estimate of drug-likeness (QED) is 0.475. The van der Waals surface area contributed by atoms with Gasteiger partial charge in [0.1, 0.15) is 11.7 Å². The monoisotopic (exact) mass is 277 g/mol. The van der Waals surface area contributed by atoms with Crippen LogP contribution < -0.4 is 22.0 Å². The van der Waals surface area contributed by atoms with Crippen molar-refractivity contribution < 1.29 is 0 Å². The lowest BCUT2D eigenvalue weighted by molar-refractivity contribution is 0.783. The highest BCUT2D eigenvalue weighted by molar-refractivity contribution is 5.99. The summed E-state index contributed by atoms with van der Waals surface area (Å²) in [5, 5.41) is 17.1. The number of nitrogens with two attached hydrogens (primary N) is 2. The highest BCUT2D eigenvalue weighted by Crippen LogP contribution is 2.28. The molecule has 0 radical (unpaired) electrons. The Hall–Kier alpha value is -2.95. The summed E-state index contributed by atoms with van der Waals surface area (Å²) in [5.41, 5.74) is 11.9. The van der Waals surface area contributed by atoms with Crippen LogP contribution in [0.4, 0.5) is 0 Å². The van der Waals surface area contributed by atoms with Crippen LogP contribution in [-0.2, 0) is 5.54 Å². The van der Waals surface area contributed by atoms with Crippen LogP contribution in [0.3, 0.4) is 0 Å². The lowest BCUT2D eigenvalue weighted by Crippen LogP contribution is -2.36. The van der Waals surface area contributed by atoms with Gasteiger partial charge in [0.05, 0.1) is 5.36 Å². The smallest absolute Gasteiger partial charge is 0.162 e. The van der Waals surface area contributed by atoms with E-state index in [1.165, 1.54) is 0 Å². The second kappa shape index (κ2) is 4.56. The van der Waals surface area contributed by atoms with Crippen LogP contribution in [0.25, 0.3) is 6.08 Å². The molecule has 104 valence electrons. The fourth-order valence-electron chi connectivity index (χ4n) is 2.60. The van der Waals surface area contributed by atoms with Crippen LogP contribution in [0.1, 0.15) is 11.1 Å². The van der Waals surface area contributed by atoms with Crippen LogP contribution in [0, 0.1) is 10.8 Å². The Morgan fingerprint density at radius 2 is 1.67 bits per heavy atom. The molecule has 1 aliphatic rings. The first-order valence-corrected chi connectivity index (χ1v) is 6.51. The molecule has 21 heavy (non-hydrogen) atoms. The normalized spacial score (nSPS) is 19.2. The van der Waals surface area contributed by atoms with Crippen LogP contribution in [-0.4, -0.2) is 11.7 Å². The Labute approximate surface area is 121 Å². The number of hydrogen-bond donors (Lipinski definition) is 4. The molecule has 2 aromatic carbocycles. The van der Waals surface area contributed by atoms with E-state index in [2.05, 4.69) is 4.99 Å². The maximum Gasteiger partial charge on any atom is 0.162 e. The molecule has 0 fully saturated rings. The Balaban J connectivity index is 2.35. The summed E-state index contributed by atoms with van der Waals surface area (Å²) in [5.74, 6) is -0.0786. The molecule has 0 spiro atoms. The summed E-state index contributed by atoms with van der Waals surface area (Å²) in [6.07, 6.45) is 1.82. The number of nitrogens with zero attached hydrogens (tertiary/aromatic N) is 1. The third kappa shape index (κ3) is 1.90. The maximum absolute atomic E-state index is 8.00. The highest BCUT2D eigenvalue weighted by atomic mass is 15.0. The molecule has 0 amide bonds. The SMILES string of the molecule is N=C(N)c1cccc2c1=CC(C(=N)N)(c1ccccc1)N=2. The van der Waals surface area contributed by atoms with Crippen molar-refractivity contribution in [3.63, 3.8) is 0 Å². The van der Waals surface area contributed by atoms with Gasteiger partial charge in [0.25, 0.3) is 0 Å². The van der Waals surface area contributed by atoms with Gasteiger partial charge in [-0.05, 0) is 17.7 Å². The number of nitrogen functional groups attached to an aromatic ring is 1. The molecule has 1 atom stereocenters. The average molecular weight is 277 g/mol. The van der Waals surface area contributed by atoms with Crippen LogP contribution in [0.15, 0.2) is 53.5 Å². The predicted octanol–water partition coefficient (Wildman–Crippen LogP) is 0.216. The van der Waals surface area contributed by atoms with E-state index in [1.807, 2.05) is 42.5 Å². The average Bonchev–Trinajstić information content (AvgIpc) is 2.88. The third-order valence-electron chi connectivity index (χ3n) is 3.65. The summed E-state index contributed by atoms with van der Waals surface area (Å²) >= 11 is 0. The molecule has 5 heteroatoms. The fourth-order valence-corrected chi connectivity index (χ4v) is 2.60. The first kappa shape index (κ1) is 13.1. The first-order valence-electron chi connectivity index (χ1n) is 6.51. The summed E-state index contributed by atoms with van der Waals surface area (Å²) in [6.45, 7) is 0. The zero-order valence-corrected chi connectivity index (χ0v) is 11.3. The topological polar surface area (TPSA) is 112 Å². The summed E-state index contributed by atoms with van der Waals surface area (Å²) in [6, 6.07) is 14.9. The number of hydrogen-bond acceptors (Lipinski definition) is 3. The molecule has 3 rings (SSSR count). The predicted molar refractivity (Wildman–Crippen MR) is 82.7 cm³/mol. The van der Waals surface area contributed by atoms with Gasteiger partial charge in [0, 0.05) is 10.8 Å². The Morgan fingerprint density at radius 3 is 2.29 bits per heavy atom. The number of rotatable bonds is 3. The van der Waals surface area contributed by atoms with E-state index in [0.717, 1.165) is 10.8 Å². The number of benzene rings is 2. The highest BCUT2D eigenvalue weighted by Gasteiger charge is 2.35. The molecule has 0 aromatic heterocycles. The number of fused-ring (bicyclic) bond motifs is 1. The Morgan fingerprint density at radius 1 is 0.952 bits per heavy atom. The van der Waals surface area contributed by atoms with E-state index >= 15 is 0 Å². The van der Waals surface area contributed by atoms with Gasteiger partial charge >= 0.3 is 0 Å². The number of nitrogens with one attached hydrogen (secondary N) is 2. The molecule has 1 unspecified atom stereocenters. The molecule has 1 heterocycles. The van der Waals surface area contributed by atoms with Crippen molar-refractivity contribution in [3.8, 4) is 0 Å². The Kier molecular flexibility index (Phi) is 2.83. The zero-order valence-electron chi connectivity index (χ0n) is 11.3. The molecular formula is C16H15N5. The molecule has 5 nitrogen and oxygen atoms in total. The standard InChI is InChI=1S/C16H15N5/c17-14(18)11-7-4-8-13-12(11)9-16(21-13,15(19)20)10-5-2-1-3-6-10/h1-9H,(H3,17,18)(H3,19,20). The van der Waals surface area contributed by atoms with E-state index in [1.54, 1.807) is 12.1 Å². The van der Waals surface area contributed by atoms with Gasteiger partial charge in [0.2, 0.25) is 0 Å². The van der Waals surface area contributed by atoms with Gasteiger partial charge in [0.15, 0.2) is 5.54 Å². The molecule has 0 aliphatic carbocycles. The van der Waals surface area contributed by atoms with E-state index in [4.69, 9.17) is 22.3 Å². The van der Waals surface area contributed by atoms with Crippen molar-refractivity contribution in [2.24, 2.45) is 16.5 Å². The van der Waals surface area contributed by atoms with Gasteiger partial charge in [-0.1, -0.05) is 42.5 Å². The molecule has 6 N–H and O–H groups in total. The minimum absolute atomic E-state index is 0.0225. The van der Waals surface area contributed by atoms with Gasteiger partial charge in [-0.25, -0.2) is 0 Å². The molecular weight excluding hydrogens is 262 g/mol. The Bertz CT molecular complexity index is 854. The minimum atomic E-state index is -1.02. The van der Waals surface area contributed by atoms with Crippen molar-refractivity contribution in [2.75, 3.05) is 0 Å². The maximum atomic E-state index is 8.00. The second-order valence-corrected chi connectivity index (χ2v) is 4.95. The van der Waals surface area contributed by atoms with Gasteiger partial charge in [-0.3, -0.25) is 15.8 Å². The third-order valence-corrected chi connectivity index (χ3v) is 3.65. The van der Waals surface area contributed by atoms with Crippen LogP contribution in [0.2, 0.25) is 0 Å². The van der Waals surface area contributed by atoms with Crippen molar-refractivity contribution in [1.29, 1.82) is 10.8 Å². The lowest BCUT2D eigenvalue weighted by atomic mass is 9.89. The van der Waals surface area contributed by atoms with E-state index in [9.17, 15) is 0 Å². The first-order chi connectivity index (χ1) is 10.0. The van der Waals surface area contributed by atoms with Crippen LogP contribution >= 0.6 is 0 Å². The van der Waals surface area contributed by atoms with E-state index < -0.39 is 5.54 Å². The second-order valence-electron chi connectivity index (χ2n) is 4.95. The van der Waals surface area contributed by atoms with Crippen molar-refractivity contribution in [3.05, 3.63) is 70.2 Å². The van der Waals surface area contributed by atoms with E-state index in [-0.39, 0.29) is 11.7 Å². The van der Waals surface area contributed by atoms with E-state index in [0.29, 0.717) is 10.9 Å². The molecule has 0 saturated heterocycles. The largest absolute Gasteiger partial charge is 0.385 e. The molecule has 2 aromatic rings. The van der Waals surface area contributed by atoms with Crippen molar-refractivity contribution in [1.82, 2.24) is 0 Å².